The molecule has 162 valence electrons. The summed E-state index contributed by atoms with van der Waals surface area (Å²) in [4.78, 5) is 12.8. The van der Waals surface area contributed by atoms with Crippen molar-refractivity contribution in [2.45, 2.75) is 37.7 Å². The maximum absolute atomic E-state index is 13.5. The molecule has 1 N–H and O–H groups in total. The van der Waals surface area contributed by atoms with E-state index in [1.807, 2.05) is 13.8 Å². The number of aryl methyl sites for hydroxylation is 1. The van der Waals surface area contributed by atoms with Crippen molar-refractivity contribution in [2.24, 2.45) is 0 Å². The molecule has 0 unspecified atom stereocenters. The van der Waals surface area contributed by atoms with Gasteiger partial charge >= 0.3 is 0 Å². The van der Waals surface area contributed by atoms with Crippen molar-refractivity contribution in [1.29, 1.82) is 0 Å². The highest BCUT2D eigenvalue weighted by atomic mass is 32.2. The van der Waals surface area contributed by atoms with Gasteiger partial charge in [0.2, 0.25) is 5.91 Å². The van der Waals surface area contributed by atoms with Crippen molar-refractivity contribution >= 4 is 21.6 Å². The normalized spacial score (nSPS) is 16.3. The summed E-state index contributed by atoms with van der Waals surface area (Å²) in [5.74, 6) is 0.00935. The van der Waals surface area contributed by atoms with Gasteiger partial charge in [0.25, 0.3) is 10.0 Å². The lowest BCUT2D eigenvalue weighted by molar-refractivity contribution is -0.120. The van der Waals surface area contributed by atoms with Crippen LogP contribution in [0.3, 0.4) is 0 Å². The minimum Gasteiger partial charge on any atom is -0.492 e. The van der Waals surface area contributed by atoms with Crippen molar-refractivity contribution < 1.29 is 22.7 Å². The van der Waals surface area contributed by atoms with Crippen molar-refractivity contribution in [2.75, 3.05) is 30.6 Å². The molecule has 8 heteroatoms. The lowest BCUT2D eigenvalue weighted by Crippen LogP contribution is -2.43. The molecular formula is C22H28N2O5S. The Morgan fingerprint density at radius 2 is 1.93 bits per heavy atom. The smallest absolute Gasteiger partial charge is 0.264 e. The molecule has 1 amide bonds. The predicted octanol–water partition coefficient (Wildman–Crippen LogP) is 2.88. The molecule has 0 spiro atoms. The van der Waals surface area contributed by atoms with E-state index in [2.05, 4.69) is 5.32 Å². The minimum absolute atomic E-state index is 0.0215. The van der Waals surface area contributed by atoms with Gasteiger partial charge in [0.15, 0.2) is 0 Å². The van der Waals surface area contributed by atoms with Crippen LogP contribution in [0.5, 0.6) is 5.75 Å². The fourth-order valence-electron chi connectivity index (χ4n) is 3.30. The average Bonchev–Trinajstić information content (AvgIpc) is 3.25. The predicted molar refractivity (Wildman–Crippen MR) is 115 cm³/mol. The molecule has 7 nitrogen and oxygen atoms in total. The number of para-hydroxylation sites is 2. The molecule has 1 aliphatic rings. The summed E-state index contributed by atoms with van der Waals surface area (Å²) in [6, 6.07) is 13.4. The Kier molecular flexibility index (Phi) is 7.33. The zero-order chi connectivity index (χ0) is 21.6. The van der Waals surface area contributed by atoms with Gasteiger partial charge in [-0.2, -0.15) is 0 Å². The van der Waals surface area contributed by atoms with Gasteiger partial charge < -0.3 is 14.8 Å². The Bertz CT molecular complexity index is 954. The van der Waals surface area contributed by atoms with Crippen LogP contribution in [0.1, 0.15) is 25.3 Å². The number of hydrogen-bond donors (Lipinski definition) is 1. The first-order valence-electron chi connectivity index (χ1n) is 10.1. The Morgan fingerprint density at radius 1 is 1.20 bits per heavy atom. The summed E-state index contributed by atoms with van der Waals surface area (Å²) < 4.78 is 39.2. The molecule has 0 aromatic heterocycles. The van der Waals surface area contributed by atoms with Gasteiger partial charge in [0, 0.05) is 13.2 Å². The number of rotatable bonds is 9. The van der Waals surface area contributed by atoms with Crippen LogP contribution in [0, 0.1) is 6.92 Å². The Labute approximate surface area is 178 Å². The summed E-state index contributed by atoms with van der Waals surface area (Å²) in [7, 11) is -3.98. The number of amides is 1. The molecular weight excluding hydrogens is 404 g/mol. The third-order valence-corrected chi connectivity index (χ3v) is 6.65. The van der Waals surface area contributed by atoms with Gasteiger partial charge in [-0.05, 0) is 51.0 Å². The number of carbonyl (C=O) groups is 1. The first kappa shape index (κ1) is 22.1. The summed E-state index contributed by atoms with van der Waals surface area (Å²) >= 11 is 0. The van der Waals surface area contributed by atoms with E-state index >= 15 is 0 Å². The van der Waals surface area contributed by atoms with Crippen LogP contribution < -0.4 is 14.4 Å². The lowest BCUT2D eigenvalue weighted by atomic mass is 10.2. The number of benzene rings is 2. The van der Waals surface area contributed by atoms with Crippen LogP contribution in [-0.4, -0.2) is 46.7 Å². The van der Waals surface area contributed by atoms with Crippen molar-refractivity contribution in [3.05, 3.63) is 54.1 Å². The standard InChI is InChI=1S/C22H28N2O5S/c1-3-28-21-9-5-4-8-20(21)24(16-22(25)23-15-18-7-6-14-29-18)30(26,27)19-12-10-17(2)11-13-19/h4-5,8-13,18H,3,6-7,14-16H2,1-2H3,(H,23,25)/t18-/m0/s1. The Balaban J connectivity index is 1.90. The second-order valence-electron chi connectivity index (χ2n) is 7.16. The first-order valence-corrected chi connectivity index (χ1v) is 11.6. The Hall–Kier alpha value is -2.58. The zero-order valence-corrected chi connectivity index (χ0v) is 18.2. The third-order valence-electron chi connectivity index (χ3n) is 4.88. The van der Waals surface area contributed by atoms with Crippen LogP contribution >= 0.6 is 0 Å². The number of sulfonamides is 1. The highest BCUT2D eigenvalue weighted by Crippen LogP contribution is 2.32. The van der Waals surface area contributed by atoms with Gasteiger partial charge in [-0.1, -0.05) is 29.8 Å². The second-order valence-corrected chi connectivity index (χ2v) is 9.03. The number of hydrogen-bond acceptors (Lipinski definition) is 5. The van der Waals surface area contributed by atoms with Gasteiger partial charge in [-0.3, -0.25) is 9.10 Å². The molecule has 0 bridgehead atoms. The summed E-state index contributed by atoms with van der Waals surface area (Å²) in [5.41, 5.74) is 1.27. The maximum Gasteiger partial charge on any atom is 0.264 e. The van der Waals surface area contributed by atoms with E-state index in [1.165, 1.54) is 0 Å². The molecule has 2 aromatic carbocycles. The van der Waals surface area contributed by atoms with Crippen LogP contribution in [0.4, 0.5) is 5.69 Å². The van der Waals surface area contributed by atoms with Gasteiger partial charge in [0.1, 0.15) is 12.3 Å². The molecule has 1 atom stereocenters. The summed E-state index contributed by atoms with van der Waals surface area (Å²) in [5, 5.41) is 2.80. The molecule has 1 aliphatic heterocycles. The largest absolute Gasteiger partial charge is 0.492 e. The SMILES string of the molecule is CCOc1ccccc1N(CC(=O)NC[C@@H]1CCCO1)S(=O)(=O)c1ccc(C)cc1. The van der Waals surface area contributed by atoms with E-state index in [9.17, 15) is 13.2 Å². The average molecular weight is 433 g/mol. The van der Waals surface area contributed by atoms with Crippen LogP contribution in [-0.2, 0) is 19.6 Å². The number of carbonyl (C=O) groups excluding carboxylic acids is 1. The molecule has 3 rings (SSSR count). The summed E-state index contributed by atoms with van der Waals surface area (Å²) in [6.45, 7) is 4.79. The molecule has 1 fully saturated rings. The lowest BCUT2D eigenvalue weighted by Gasteiger charge is -2.26. The maximum atomic E-state index is 13.5. The molecule has 0 saturated carbocycles. The van der Waals surface area contributed by atoms with Gasteiger partial charge in [0.05, 0.1) is 23.3 Å². The van der Waals surface area contributed by atoms with E-state index in [0.29, 0.717) is 31.2 Å². The van der Waals surface area contributed by atoms with Crippen molar-refractivity contribution in [3.63, 3.8) is 0 Å². The van der Waals surface area contributed by atoms with Gasteiger partial charge in [-0.15, -0.1) is 0 Å². The highest BCUT2D eigenvalue weighted by Gasteiger charge is 2.29. The molecule has 1 saturated heterocycles. The molecule has 1 heterocycles. The van der Waals surface area contributed by atoms with Crippen LogP contribution in [0.2, 0.25) is 0 Å². The minimum atomic E-state index is -3.98. The van der Waals surface area contributed by atoms with E-state index in [-0.39, 0.29) is 17.5 Å². The fraction of sp³-hybridized carbons (Fsp3) is 0.409. The van der Waals surface area contributed by atoms with Gasteiger partial charge in [-0.25, -0.2) is 8.42 Å². The number of nitrogens with zero attached hydrogens (tertiary/aromatic N) is 1. The highest BCUT2D eigenvalue weighted by molar-refractivity contribution is 7.92. The first-order chi connectivity index (χ1) is 14.4. The number of ether oxygens (including phenoxy) is 2. The monoisotopic (exact) mass is 432 g/mol. The van der Waals surface area contributed by atoms with E-state index in [0.717, 1.165) is 22.7 Å². The topological polar surface area (TPSA) is 84.9 Å². The van der Waals surface area contributed by atoms with E-state index < -0.39 is 15.9 Å². The Morgan fingerprint density at radius 3 is 2.60 bits per heavy atom. The second kappa shape index (κ2) is 9.95. The van der Waals surface area contributed by atoms with E-state index in [1.54, 1.807) is 48.5 Å². The van der Waals surface area contributed by atoms with E-state index in [4.69, 9.17) is 9.47 Å². The van der Waals surface area contributed by atoms with Crippen molar-refractivity contribution in [1.82, 2.24) is 5.32 Å². The molecule has 2 aromatic rings. The zero-order valence-electron chi connectivity index (χ0n) is 17.3. The molecule has 30 heavy (non-hydrogen) atoms. The summed E-state index contributed by atoms with van der Waals surface area (Å²) in [6.07, 6.45) is 1.83. The van der Waals surface area contributed by atoms with Crippen molar-refractivity contribution in [3.8, 4) is 5.75 Å². The molecule has 0 radical (unpaired) electrons. The number of anilines is 1. The number of nitrogens with one attached hydrogen (secondary N) is 1. The molecule has 0 aliphatic carbocycles. The fourth-order valence-corrected chi connectivity index (χ4v) is 4.73. The quantitative estimate of drug-likeness (QED) is 0.659. The third kappa shape index (κ3) is 5.31. The van der Waals surface area contributed by atoms with Crippen LogP contribution in [0.15, 0.2) is 53.4 Å². The van der Waals surface area contributed by atoms with Crippen LogP contribution in [0.25, 0.3) is 0 Å².